The molecule has 0 N–H and O–H groups in total. The summed E-state index contributed by atoms with van der Waals surface area (Å²) in [5.74, 6) is -0.621. The van der Waals surface area contributed by atoms with E-state index in [4.69, 9.17) is 4.74 Å². The second-order valence-electron chi connectivity index (χ2n) is 5.87. The summed E-state index contributed by atoms with van der Waals surface area (Å²) >= 11 is 0. The van der Waals surface area contributed by atoms with Gasteiger partial charge in [-0.05, 0) is 24.3 Å². The lowest BCUT2D eigenvalue weighted by Gasteiger charge is -2.08. The number of esters is 1. The lowest BCUT2D eigenvalue weighted by Crippen LogP contribution is -2.26. The highest BCUT2D eigenvalue weighted by Crippen LogP contribution is 2.05. The number of para-hydroxylation sites is 1. The topological polar surface area (TPSA) is 95.6 Å². The fraction of sp³-hybridized carbons (Fsp3) is 0.105. The molecule has 4 rings (SSSR count). The zero-order valence-corrected chi connectivity index (χ0v) is 14.1. The van der Waals surface area contributed by atoms with Gasteiger partial charge in [0, 0.05) is 12.3 Å². The van der Waals surface area contributed by atoms with Crippen molar-refractivity contribution in [2.45, 2.75) is 13.2 Å². The summed E-state index contributed by atoms with van der Waals surface area (Å²) in [5.41, 5.74) is 0.781. The van der Waals surface area contributed by atoms with Gasteiger partial charge in [0.1, 0.15) is 18.8 Å². The Balaban J connectivity index is 1.50. The maximum atomic E-state index is 12.4. The van der Waals surface area contributed by atoms with Crippen LogP contribution in [0.3, 0.4) is 0 Å². The quantitative estimate of drug-likeness (QED) is 0.505. The molecule has 4 aromatic rings. The van der Waals surface area contributed by atoms with Crippen molar-refractivity contribution in [1.29, 1.82) is 0 Å². The molecule has 0 radical (unpaired) electrons. The third kappa shape index (κ3) is 3.32. The first kappa shape index (κ1) is 16.6. The summed E-state index contributed by atoms with van der Waals surface area (Å²) in [6.45, 7) is -0.432. The molecule has 27 heavy (non-hydrogen) atoms. The van der Waals surface area contributed by atoms with Crippen LogP contribution in [0, 0.1) is 0 Å². The van der Waals surface area contributed by atoms with E-state index in [2.05, 4.69) is 9.97 Å². The Bertz CT molecular complexity index is 1280. The molecule has 0 bridgehead atoms. The molecule has 0 aliphatic carbocycles. The van der Waals surface area contributed by atoms with Crippen molar-refractivity contribution in [3.8, 4) is 0 Å². The Morgan fingerprint density at radius 3 is 2.78 bits per heavy atom. The van der Waals surface area contributed by atoms with Crippen molar-refractivity contribution in [3.05, 3.63) is 87.5 Å². The lowest BCUT2D eigenvalue weighted by atomic mass is 10.2. The second kappa shape index (κ2) is 6.83. The van der Waals surface area contributed by atoms with E-state index in [1.54, 1.807) is 48.7 Å². The largest absolute Gasteiger partial charge is 0.458 e. The molecule has 0 amide bonds. The molecule has 1 aromatic carbocycles. The van der Waals surface area contributed by atoms with Gasteiger partial charge in [-0.1, -0.05) is 18.2 Å². The molecule has 0 spiro atoms. The van der Waals surface area contributed by atoms with Gasteiger partial charge in [0.2, 0.25) is 0 Å². The first-order valence-corrected chi connectivity index (χ1v) is 8.19. The summed E-state index contributed by atoms with van der Waals surface area (Å²) in [7, 11) is 0. The van der Waals surface area contributed by atoms with E-state index in [9.17, 15) is 14.4 Å². The molecule has 0 aliphatic heterocycles. The van der Waals surface area contributed by atoms with Crippen LogP contribution in [0.4, 0.5) is 0 Å². The molecule has 0 atom stereocenters. The Hall–Kier alpha value is -3.81. The Labute approximate surface area is 152 Å². The van der Waals surface area contributed by atoms with E-state index in [1.165, 1.54) is 21.4 Å². The van der Waals surface area contributed by atoms with Crippen LogP contribution in [-0.2, 0) is 22.7 Å². The number of carbonyl (C=O) groups excluding carboxylic acids is 1. The standard InChI is InChI=1S/C19H14N4O4/c24-17-9-13(21-16-7-3-4-8-23(16)17)11-27-18(25)10-22-12-20-15-6-2-1-5-14(15)19(22)26/h1-9,12H,10-11H2. The van der Waals surface area contributed by atoms with Crippen LogP contribution in [0.25, 0.3) is 16.6 Å². The minimum atomic E-state index is -0.621. The van der Waals surface area contributed by atoms with Crippen molar-refractivity contribution in [3.63, 3.8) is 0 Å². The van der Waals surface area contributed by atoms with Crippen LogP contribution < -0.4 is 11.1 Å². The molecule has 0 saturated carbocycles. The maximum Gasteiger partial charge on any atom is 0.326 e. The highest BCUT2D eigenvalue weighted by molar-refractivity contribution is 5.77. The van der Waals surface area contributed by atoms with E-state index >= 15 is 0 Å². The van der Waals surface area contributed by atoms with Gasteiger partial charge in [0.05, 0.1) is 22.9 Å². The van der Waals surface area contributed by atoms with Gasteiger partial charge in [0.15, 0.2) is 0 Å². The Morgan fingerprint density at radius 1 is 1.07 bits per heavy atom. The monoisotopic (exact) mass is 362 g/mol. The molecule has 0 unspecified atom stereocenters. The Kier molecular flexibility index (Phi) is 4.21. The predicted octanol–water partition coefficient (Wildman–Crippen LogP) is 1.15. The zero-order valence-electron chi connectivity index (χ0n) is 14.1. The number of hydrogen-bond acceptors (Lipinski definition) is 6. The zero-order chi connectivity index (χ0) is 18.8. The fourth-order valence-corrected chi connectivity index (χ4v) is 2.73. The third-order valence-corrected chi connectivity index (χ3v) is 4.04. The number of fused-ring (bicyclic) bond motifs is 2. The SMILES string of the molecule is O=C(Cn1cnc2ccccc2c1=O)OCc1cc(=O)n2ccccc2n1. The van der Waals surface area contributed by atoms with Crippen LogP contribution in [0.15, 0.2) is 70.6 Å². The predicted molar refractivity (Wildman–Crippen MR) is 97.3 cm³/mol. The molecular formula is C19H14N4O4. The lowest BCUT2D eigenvalue weighted by molar-refractivity contribution is -0.145. The number of hydrogen-bond donors (Lipinski definition) is 0. The number of carbonyl (C=O) groups is 1. The minimum absolute atomic E-state index is 0.158. The van der Waals surface area contributed by atoms with Crippen molar-refractivity contribution < 1.29 is 9.53 Å². The van der Waals surface area contributed by atoms with Crippen LogP contribution in [-0.4, -0.2) is 24.9 Å². The van der Waals surface area contributed by atoms with Crippen LogP contribution in [0.1, 0.15) is 5.69 Å². The van der Waals surface area contributed by atoms with Gasteiger partial charge in [-0.3, -0.25) is 23.4 Å². The normalized spacial score (nSPS) is 11.0. The number of aromatic nitrogens is 4. The number of pyridine rings is 1. The van der Waals surface area contributed by atoms with Gasteiger partial charge in [-0.15, -0.1) is 0 Å². The summed E-state index contributed by atoms with van der Waals surface area (Å²) in [4.78, 5) is 45.0. The van der Waals surface area contributed by atoms with Crippen molar-refractivity contribution in [1.82, 2.24) is 18.9 Å². The van der Waals surface area contributed by atoms with E-state index < -0.39 is 5.97 Å². The highest BCUT2D eigenvalue weighted by atomic mass is 16.5. The molecule has 0 fully saturated rings. The van der Waals surface area contributed by atoms with Crippen molar-refractivity contribution in [2.24, 2.45) is 0 Å². The summed E-state index contributed by atoms with van der Waals surface area (Å²) in [6, 6.07) is 13.4. The minimum Gasteiger partial charge on any atom is -0.458 e. The summed E-state index contributed by atoms with van der Waals surface area (Å²) in [6.07, 6.45) is 2.92. The average Bonchev–Trinajstić information content (AvgIpc) is 2.69. The third-order valence-electron chi connectivity index (χ3n) is 4.04. The van der Waals surface area contributed by atoms with Crippen molar-refractivity contribution >= 4 is 22.5 Å². The van der Waals surface area contributed by atoms with Crippen LogP contribution in [0.5, 0.6) is 0 Å². The van der Waals surface area contributed by atoms with Crippen molar-refractivity contribution in [2.75, 3.05) is 0 Å². The number of ether oxygens (including phenoxy) is 1. The molecule has 0 aliphatic rings. The Morgan fingerprint density at radius 2 is 1.89 bits per heavy atom. The molecule has 0 saturated heterocycles. The number of rotatable bonds is 4. The first-order valence-electron chi connectivity index (χ1n) is 8.19. The summed E-state index contributed by atoms with van der Waals surface area (Å²) in [5, 5.41) is 0.428. The second-order valence-corrected chi connectivity index (χ2v) is 5.87. The van der Waals surface area contributed by atoms with Crippen LogP contribution in [0.2, 0.25) is 0 Å². The smallest absolute Gasteiger partial charge is 0.326 e. The number of nitrogens with zero attached hydrogens (tertiary/aromatic N) is 4. The van der Waals surface area contributed by atoms with E-state index in [0.29, 0.717) is 22.2 Å². The first-order chi connectivity index (χ1) is 13.1. The van der Waals surface area contributed by atoms with E-state index in [1.807, 2.05) is 0 Å². The summed E-state index contributed by atoms with van der Waals surface area (Å²) < 4.78 is 7.75. The van der Waals surface area contributed by atoms with Gasteiger partial charge >= 0.3 is 5.97 Å². The highest BCUT2D eigenvalue weighted by Gasteiger charge is 2.10. The molecule has 3 heterocycles. The molecule has 8 nitrogen and oxygen atoms in total. The van der Waals surface area contributed by atoms with Crippen LogP contribution >= 0.6 is 0 Å². The average molecular weight is 362 g/mol. The molecule has 3 aromatic heterocycles. The van der Waals surface area contributed by atoms with Gasteiger partial charge < -0.3 is 4.74 Å². The molecule has 8 heteroatoms. The van der Waals surface area contributed by atoms with Gasteiger partial charge in [-0.25, -0.2) is 9.97 Å². The van der Waals surface area contributed by atoms with E-state index in [-0.39, 0.29) is 24.3 Å². The van der Waals surface area contributed by atoms with Gasteiger partial charge in [0.25, 0.3) is 11.1 Å². The fourth-order valence-electron chi connectivity index (χ4n) is 2.73. The van der Waals surface area contributed by atoms with Gasteiger partial charge in [-0.2, -0.15) is 0 Å². The van der Waals surface area contributed by atoms with E-state index in [0.717, 1.165) is 0 Å². The molecule has 134 valence electrons. The maximum absolute atomic E-state index is 12.4. The number of benzene rings is 1. The molecular weight excluding hydrogens is 348 g/mol.